The number of hydrogen-bond acceptors (Lipinski definition) is 4. The number of carbonyl (C=O) groups excluding carboxylic acids is 1. The summed E-state index contributed by atoms with van der Waals surface area (Å²) in [5.41, 5.74) is 0.273. The number of amides is 2. The van der Waals surface area contributed by atoms with Gasteiger partial charge in [0, 0.05) is 12.7 Å². The fraction of sp³-hybridized carbons (Fsp3) is 0.417. The Balaban J connectivity index is 1.94. The first-order valence-electron chi connectivity index (χ1n) is 5.96. The summed E-state index contributed by atoms with van der Waals surface area (Å²) in [5.74, 6) is -0.367. The fourth-order valence-corrected chi connectivity index (χ4v) is 2.01. The zero-order valence-corrected chi connectivity index (χ0v) is 10.2. The van der Waals surface area contributed by atoms with Crippen LogP contribution in [0.15, 0.2) is 24.4 Å². The van der Waals surface area contributed by atoms with E-state index in [0.717, 1.165) is 4.90 Å². The van der Waals surface area contributed by atoms with Crippen molar-refractivity contribution in [3.05, 3.63) is 30.1 Å². The lowest BCUT2D eigenvalue weighted by atomic mass is 10.0. The Morgan fingerprint density at radius 1 is 1.42 bits per heavy atom. The Kier molecular flexibility index (Phi) is 3.96. The van der Waals surface area contributed by atoms with E-state index in [-0.39, 0.29) is 18.1 Å². The van der Waals surface area contributed by atoms with Crippen molar-refractivity contribution in [3.63, 3.8) is 0 Å². The molecule has 0 spiro atoms. The second-order valence-electron chi connectivity index (χ2n) is 4.38. The number of pyridine rings is 1. The molecule has 1 aromatic rings. The van der Waals surface area contributed by atoms with Gasteiger partial charge in [0.15, 0.2) is 0 Å². The summed E-state index contributed by atoms with van der Waals surface area (Å²) in [4.78, 5) is 27.7. The van der Waals surface area contributed by atoms with Crippen molar-refractivity contribution in [3.8, 4) is 0 Å². The minimum Gasteiger partial charge on any atom is -0.465 e. The average molecular weight is 265 g/mol. The Labute approximate surface area is 109 Å². The molecule has 0 bridgehead atoms. The van der Waals surface area contributed by atoms with E-state index in [2.05, 4.69) is 10.3 Å². The van der Waals surface area contributed by atoms with Crippen molar-refractivity contribution in [2.24, 2.45) is 0 Å². The minimum atomic E-state index is -1.06. The van der Waals surface area contributed by atoms with Gasteiger partial charge in [-0.05, 0) is 18.6 Å². The maximum absolute atomic E-state index is 11.9. The van der Waals surface area contributed by atoms with E-state index in [0.29, 0.717) is 13.0 Å². The van der Waals surface area contributed by atoms with Crippen molar-refractivity contribution in [1.82, 2.24) is 15.2 Å². The third kappa shape index (κ3) is 3.19. The number of β-amino-alcohol motifs (C(OH)–C–C–N with tert-alkyl or cyclic N) is 1. The highest BCUT2D eigenvalue weighted by Gasteiger charge is 2.31. The van der Waals surface area contributed by atoms with Crippen LogP contribution in [0, 0.1) is 0 Å². The molecule has 0 saturated carbocycles. The number of carboxylic acid groups (broad SMARTS) is 1. The number of carbonyl (C=O) groups is 2. The van der Waals surface area contributed by atoms with Gasteiger partial charge < -0.3 is 20.4 Å². The van der Waals surface area contributed by atoms with Crippen molar-refractivity contribution < 1.29 is 19.8 Å². The quantitative estimate of drug-likeness (QED) is 0.694. The van der Waals surface area contributed by atoms with E-state index in [9.17, 15) is 14.7 Å². The second-order valence-corrected chi connectivity index (χ2v) is 4.38. The summed E-state index contributed by atoms with van der Waals surface area (Å²) in [5, 5.41) is 21.3. The van der Waals surface area contributed by atoms with Crippen LogP contribution in [0.3, 0.4) is 0 Å². The molecule has 1 aliphatic rings. The lowest BCUT2D eigenvalue weighted by molar-refractivity contribution is 0.0390. The Morgan fingerprint density at radius 2 is 2.21 bits per heavy atom. The number of nitrogens with zero attached hydrogens (tertiary/aromatic N) is 2. The molecule has 2 unspecified atom stereocenters. The van der Waals surface area contributed by atoms with Crippen LogP contribution in [0.25, 0.3) is 0 Å². The molecule has 2 heterocycles. The number of rotatable bonds is 2. The number of nitrogens with one attached hydrogen (secondary N) is 1. The molecular weight excluding hydrogens is 250 g/mol. The van der Waals surface area contributed by atoms with Crippen LogP contribution in [-0.2, 0) is 0 Å². The fourth-order valence-electron chi connectivity index (χ4n) is 2.01. The lowest BCUT2D eigenvalue weighted by Crippen LogP contribution is -2.55. The molecule has 2 amide bonds. The predicted molar refractivity (Wildman–Crippen MR) is 65.7 cm³/mol. The molecule has 0 aliphatic carbocycles. The van der Waals surface area contributed by atoms with Crippen molar-refractivity contribution in [1.29, 1.82) is 0 Å². The molecule has 19 heavy (non-hydrogen) atoms. The molecule has 1 aliphatic heterocycles. The lowest BCUT2D eigenvalue weighted by Gasteiger charge is -2.34. The summed E-state index contributed by atoms with van der Waals surface area (Å²) >= 11 is 0. The number of piperidine rings is 1. The number of likely N-dealkylation sites (tertiary alicyclic amines) is 1. The SMILES string of the molecule is O=C(NC1CCN(C(=O)O)CC1O)c1ccccn1. The third-order valence-electron chi connectivity index (χ3n) is 3.07. The van der Waals surface area contributed by atoms with E-state index in [4.69, 9.17) is 5.11 Å². The van der Waals surface area contributed by atoms with Crippen LogP contribution in [0.2, 0.25) is 0 Å². The first kappa shape index (κ1) is 13.3. The molecule has 2 atom stereocenters. The van der Waals surface area contributed by atoms with Gasteiger partial charge in [-0.15, -0.1) is 0 Å². The van der Waals surface area contributed by atoms with Crippen molar-refractivity contribution in [2.45, 2.75) is 18.6 Å². The van der Waals surface area contributed by atoms with E-state index in [1.54, 1.807) is 18.2 Å². The third-order valence-corrected chi connectivity index (χ3v) is 3.07. The average Bonchev–Trinajstić information content (AvgIpc) is 2.41. The maximum atomic E-state index is 11.9. The van der Waals surface area contributed by atoms with Crippen LogP contribution in [0.1, 0.15) is 16.9 Å². The molecule has 7 heteroatoms. The summed E-state index contributed by atoms with van der Waals surface area (Å²) in [6, 6.07) is 4.53. The summed E-state index contributed by atoms with van der Waals surface area (Å²) < 4.78 is 0. The van der Waals surface area contributed by atoms with Gasteiger partial charge >= 0.3 is 6.09 Å². The number of aliphatic hydroxyl groups excluding tert-OH is 1. The van der Waals surface area contributed by atoms with Crippen LogP contribution in [-0.4, -0.2) is 57.3 Å². The number of aliphatic hydroxyl groups is 1. The molecule has 0 radical (unpaired) electrons. The van der Waals surface area contributed by atoms with Crippen molar-refractivity contribution >= 4 is 12.0 Å². The molecule has 1 fully saturated rings. The van der Waals surface area contributed by atoms with E-state index < -0.39 is 18.2 Å². The number of hydrogen-bond donors (Lipinski definition) is 3. The summed E-state index contributed by atoms with van der Waals surface area (Å²) in [6.07, 6.45) is -0.0733. The van der Waals surface area contributed by atoms with Crippen LogP contribution in [0.5, 0.6) is 0 Å². The van der Waals surface area contributed by atoms with Gasteiger partial charge in [0.2, 0.25) is 0 Å². The van der Waals surface area contributed by atoms with Gasteiger partial charge in [0.05, 0.1) is 18.7 Å². The Morgan fingerprint density at radius 3 is 2.79 bits per heavy atom. The maximum Gasteiger partial charge on any atom is 0.407 e. The van der Waals surface area contributed by atoms with Gasteiger partial charge in [-0.1, -0.05) is 6.07 Å². The van der Waals surface area contributed by atoms with Gasteiger partial charge in [0.1, 0.15) is 5.69 Å². The molecule has 7 nitrogen and oxygen atoms in total. The second kappa shape index (κ2) is 5.66. The smallest absolute Gasteiger partial charge is 0.407 e. The Bertz CT molecular complexity index is 465. The molecule has 1 aromatic heterocycles. The molecular formula is C12H15N3O4. The molecule has 1 saturated heterocycles. The van der Waals surface area contributed by atoms with Crippen LogP contribution >= 0.6 is 0 Å². The highest BCUT2D eigenvalue weighted by Crippen LogP contribution is 2.12. The first-order chi connectivity index (χ1) is 9.08. The standard InChI is InChI=1S/C12H15N3O4/c16-10-7-15(12(18)19)6-4-8(10)14-11(17)9-3-1-2-5-13-9/h1-3,5,8,10,16H,4,6-7H2,(H,14,17)(H,18,19). The molecule has 3 N–H and O–H groups in total. The zero-order valence-electron chi connectivity index (χ0n) is 10.2. The highest BCUT2D eigenvalue weighted by atomic mass is 16.4. The predicted octanol–water partition coefficient (Wildman–Crippen LogP) is -0.0754. The highest BCUT2D eigenvalue weighted by molar-refractivity contribution is 5.92. The number of aromatic nitrogens is 1. The summed E-state index contributed by atoms with van der Waals surface area (Å²) in [6.45, 7) is 0.294. The first-order valence-corrected chi connectivity index (χ1v) is 5.96. The van der Waals surface area contributed by atoms with Gasteiger partial charge in [-0.2, -0.15) is 0 Å². The van der Waals surface area contributed by atoms with Crippen molar-refractivity contribution in [2.75, 3.05) is 13.1 Å². The van der Waals surface area contributed by atoms with E-state index >= 15 is 0 Å². The largest absolute Gasteiger partial charge is 0.465 e. The topological polar surface area (TPSA) is 103 Å². The van der Waals surface area contributed by atoms with Gasteiger partial charge in [-0.3, -0.25) is 9.78 Å². The zero-order chi connectivity index (χ0) is 13.8. The molecule has 2 rings (SSSR count). The van der Waals surface area contributed by atoms with Crippen LogP contribution in [0.4, 0.5) is 4.79 Å². The summed E-state index contributed by atoms with van der Waals surface area (Å²) in [7, 11) is 0. The van der Waals surface area contributed by atoms with E-state index in [1.165, 1.54) is 6.20 Å². The molecule has 0 aromatic carbocycles. The van der Waals surface area contributed by atoms with Crippen LogP contribution < -0.4 is 5.32 Å². The normalized spacial score (nSPS) is 22.9. The van der Waals surface area contributed by atoms with Gasteiger partial charge in [-0.25, -0.2) is 4.79 Å². The molecule has 102 valence electrons. The Hall–Kier alpha value is -2.15. The monoisotopic (exact) mass is 265 g/mol. The van der Waals surface area contributed by atoms with E-state index in [1.807, 2.05) is 0 Å². The van der Waals surface area contributed by atoms with Gasteiger partial charge in [0.25, 0.3) is 5.91 Å². The minimum absolute atomic E-state index is 0.00248.